The van der Waals surface area contributed by atoms with Gasteiger partial charge in [-0.15, -0.1) is 11.3 Å². The molecule has 1 aromatic rings. The van der Waals surface area contributed by atoms with E-state index in [2.05, 4.69) is 34.1 Å². The predicted molar refractivity (Wildman–Crippen MR) is 74.9 cm³/mol. The molecule has 16 heavy (non-hydrogen) atoms. The van der Waals surface area contributed by atoms with Crippen molar-refractivity contribution >= 4 is 27.3 Å². The predicted octanol–water partition coefficient (Wildman–Crippen LogP) is 4.27. The molecule has 1 atom stereocenters. The molecule has 1 heterocycles. The lowest BCUT2D eigenvalue weighted by molar-refractivity contribution is 0.608. The first kappa shape index (κ1) is 12.3. The first-order valence-electron chi connectivity index (χ1n) is 5.92. The molecule has 88 valence electrons. The lowest BCUT2D eigenvalue weighted by Gasteiger charge is -2.16. The van der Waals surface area contributed by atoms with E-state index in [9.17, 15) is 0 Å². The van der Waals surface area contributed by atoms with Gasteiger partial charge in [-0.3, -0.25) is 0 Å². The maximum absolute atomic E-state index is 6.20. The molecule has 0 bridgehead atoms. The van der Waals surface area contributed by atoms with E-state index in [1.54, 1.807) is 16.9 Å². The van der Waals surface area contributed by atoms with Crippen LogP contribution in [0.25, 0.3) is 0 Å². The number of hydrogen-bond acceptors (Lipinski definition) is 2. The van der Waals surface area contributed by atoms with E-state index in [1.807, 2.05) is 0 Å². The lowest BCUT2D eigenvalue weighted by atomic mass is 9.93. The molecule has 1 aliphatic carbocycles. The third-order valence-electron chi connectivity index (χ3n) is 3.00. The fraction of sp³-hybridized carbons (Fsp3) is 0.538. The molecule has 0 saturated carbocycles. The molecule has 0 fully saturated rings. The highest BCUT2D eigenvalue weighted by Crippen LogP contribution is 2.25. The first-order chi connectivity index (χ1) is 7.74. The largest absolute Gasteiger partial charge is 0.327 e. The van der Waals surface area contributed by atoms with Crippen LogP contribution >= 0.6 is 27.3 Å². The maximum atomic E-state index is 6.20. The van der Waals surface area contributed by atoms with Crippen molar-refractivity contribution in [2.75, 3.05) is 0 Å². The summed E-state index contributed by atoms with van der Waals surface area (Å²) in [5.74, 6) is 0. The molecule has 0 amide bonds. The molecule has 0 saturated heterocycles. The number of hydrogen-bond donors (Lipinski definition) is 1. The highest BCUT2D eigenvalue weighted by molar-refractivity contribution is 9.11. The van der Waals surface area contributed by atoms with E-state index in [0.29, 0.717) is 0 Å². The minimum atomic E-state index is 0.287. The number of halogens is 1. The summed E-state index contributed by atoms with van der Waals surface area (Å²) < 4.78 is 1.20. The van der Waals surface area contributed by atoms with Crippen molar-refractivity contribution in [3.63, 3.8) is 0 Å². The second-order valence-corrected chi connectivity index (χ2v) is 7.03. The average Bonchev–Trinajstić information content (AvgIpc) is 2.65. The van der Waals surface area contributed by atoms with Gasteiger partial charge in [0, 0.05) is 10.9 Å². The van der Waals surface area contributed by atoms with Crippen LogP contribution in [0.4, 0.5) is 0 Å². The van der Waals surface area contributed by atoms with Crippen molar-refractivity contribution in [2.45, 2.75) is 44.6 Å². The van der Waals surface area contributed by atoms with E-state index in [4.69, 9.17) is 5.73 Å². The van der Waals surface area contributed by atoms with Gasteiger partial charge in [0.1, 0.15) is 0 Å². The second kappa shape index (κ2) is 5.99. The highest BCUT2D eigenvalue weighted by atomic mass is 79.9. The first-order valence-corrected chi connectivity index (χ1v) is 7.52. The van der Waals surface area contributed by atoms with Gasteiger partial charge in [-0.2, -0.15) is 0 Å². The van der Waals surface area contributed by atoms with E-state index in [1.165, 1.54) is 34.3 Å². The van der Waals surface area contributed by atoms with Gasteiger partial charge in [-0.1, -0.05) is 11.6 Å². The molecule has 3 heteroatoms. The fourth-order valence-corrected chi connectivity index (χ4v) is 3.79. The van der Waals surface area contributed by atoms with Crippen LogP contribution in [-0.4, -0.2) is 6.04 Å². The Balaban J connectivity index is 1.83. The Morgan fingerprint density at radius 3 is 2.81 bits per heavy atom. The summed E-state index contributed by atoms with van der Waals surface area (Å²) in [5, 5.41) is 0. The quantitative estimate of drug-likeness (QED) is 0.826. The van der Waals surface area contributed by atoms with Crippen molar-refractivity contribution in [3.05, 3.63) is 32.4 Å². The van der Waals surface area contributed by atoms with Gasteiger partial charge in [-0.25, -0.2) is 0 Å². The molecule has 1 aliphatic rings. The van der Waals surface area contributed by atoms with Crippen LogP contribution in [0.15, 0.2) is 27.6 Å². The van der Waals surface area contributed by atoms with Gasteiger partial charge in [0.05, 0.1) is 3.79 Å². The molecule has 2 rings (SSSR count). The van der Waals surface area contributed by atoms with Crippen LogP contribution in [0.2, 0.25) is 0 Å². The maximum Gasteiger partial charge on any atom is 0.0701 e. The topological polar surface area (TPSA) is 26.0 Å². The zero-order valence-corrected chi connectivity index (χ0v) is 11.8. The van der Waals surface area contributed by atoms with Crippen LogP contribution in [-0.2, 0) is 6.42 Å². The minimum absolute atomic E-state index is 0.287. The Bertz CT molecular complexity index is 370. The van der Waals surface area contributed by atoms with Gasteiger partial charge >= 0.3 is 0 Å². The van der Waals surface area contributed by atoms with Crippen LogP contribution < -0.4 is 5.73 Å². The zero-order chi connectivity index (χ0) is 11.4. The smallest absolute Gasteiger partial charge is 0.0701 e. The molecule has 2 N–H and O–H groups in total. The second-order valence-electron chi connectivity index (χ2n) is 4.48. The SMILES string of the molecule is NC(CC1=CCCCC1)Cc1ccc(Br)s1. The summed E-state index contributed by atoms with van der Waals surface area (Å²) in [6.45, 7) is 0. The van der Waals surface area contributed by atoms with Crippen LogP contribution in [0.5, 0.6) is 0 Å². The fourth-order valence-electron chi connectivity index (χ4n) is 2.22. The average molecular weight is 300 g/mol. The van der Waals surface area contributed by atoms with E-state index < -0.39 is 0 Å². The highest BCUT2D eigenvalue weighted by Gasteiger charge is 2.10. The van der Waals surface area contributed by atoms with Gasteiger partial charge in [0.25, 0.3) is 0 Å². The van der Waals surface area contributed by atoms with Gasteiger partial charge in [0.15, 0.2) is 0 Å². The number of allylic oxidation sites excluding steroid dienone is 1. The van der Waals surface area contributed by atoms with Gasteiger partial charge in [-0.05, 0) is 66.6 Å². The third-order valence-corrected chi connectivity index (χ3v) is 4.65. The summed E-state index contributed by atoms with van der Waals surface area (Å²) in [4.78, 5) is 1.38. The van der Waals surface area contributed by atoms with E-state index in [0.717, 1.165) is 12.8 Å². The van der Waals surface area contributed by atoms with Crippen molar-refractivity contribution in [1.82, 2.24) is 0 Å². The standard InChI is InChI=1S/C13H18BrNS/c14-13-7-6-12(16-13)9-11(15)8-10-4-2-1-3-5-10/h4,6-7,11H,1-3,5,8-9,15H2. The molecule has 1 aromatic heterocycles. The van der Waals surface area contributed by atoms with Crippen LogP contribution in [0, 0.1) is 0 Å². The van der Waals surface area contributed by atoms with Crippen molar-refractivity contribution in [3.8, 4) is 0 Å². The zero-order valence-electron chi connectivity index (χ0n) is 9.42. The van der Waals surface area contributed by atoms with E-state index in [-0.39, 0.29) is 6.04 Å². The molecule has 1 nitrogen and oxygen atoms in total. The van der Waals surface area contributed by atoms with Gasteiger partial charge in [0.2, 0.25) is 0 Å². The monoisotopic (exact) mass is 299 g/mol. The van der Waals surface area contributed by atoms with Crippen molar-refractivity contribution in [2.24, 2.45) is 5.73 Å². The summed E-state index contributed by atoms with van der Waals surface area (Å²) in [5.41, 5.74) is 7.77. The molecule has 0 spiro atoms. The van der Waals surface area contributed by atoms with Crippen molar-refractivity contribution < 1.29 is 0 Å². The summed E-state index contributed by atoms with van der Waals surface area (Å²) in [6, 6.07) is 4.56. The number of thiophene rings is 1. The van der Waals surface area contributed by atoms with Crippen LogP contribution in [0.3, 0.4) is 0 Å². The Hall–Kier alpha value is -0.120. The molecule has 0 aromatic carbocycles. The van der Waals surface area contributed by atoms with E-state index >= 15 is 0 Å². The molecular weight excluding hydrogens is 282 g/mol. The molecule has 0 radical (unpaired) electrons. The number of nitrogens with two attached hydrogens (primary N) is 1. The Labute approximate surface area is 110 Å². The number of rotatable bonds is 4. The Morgan fingerprint density at radius 2 is 2.19 bits per heavy atom. The third kappa shape index (κ3) is 3.72. The van der Waals surface area contributed by atoms with Gasteiger partial charge < -0.3 is 5.73 Å². The summed E-state index contributed by atoms with van der Waals surface area (Å²) >= 11 is 5.28. The van der Waals surface area contributed by atoms with Crippen molar-refractivity contribution in [1.29, 1.82) is 0 Å². The summed E-state index contributed by atoms with van der Waals surface area (Å²) in [6.07, 6.45) is 9.71. The van der Waals surface area contributed by atoms with Crippen LogP contribution in [0.1, 0.15) is 37.0 Å². The Kier molecular flexibility index (Phi) is 4.62. The molecular formula is C13H18BrNS. The lowest BCUT2D eigenvalue weighted by Crippen LogP contribution is -2.23. The normalized spacial score (nSPS) is 18.2. The molecule has 0 aliphatic heterocycles. The Morgan fingerprint density at radius 1 is 1.31 bits per heavy atom. The minimum Gasteiger partial charge on any atom is -0.327 e. The molecule has 1 unspecified atom stereocenters. The summed E-state index contributed by atoms with van der Waals surface area (Å²) in [7, 11) is 0.